The number of nitrogens with zero attached hydrogens (tertiary/aromatic N) is 2. The average molecular weight is 403 g/mol. The van der Waals surface area contributed by atoms with E-state index >= 15 is 0 Å². The zero-order valence-electron chi connectivity index (χ0n) is 16.7. The third-order valence-electron chi connectivity index (χ3n) is 4.62. The van der Waals surface area contributed by atoms with Gasteiger partial charge in [-0.05, 0) is 24.3 Å². The van der Waals surface area contributed by atoms with E-state index in [2.05, 4.69) is 10.4 Å². The highest BCUT2D eigenvalue weighted by molar-refractivity contribution is 6.01. The molecule has 1 amide bonds. The van der Waals surface area contributed by atoms with Crippen molar-refractivity contribution >= 4 is 28.8 Å². The predicted molar refractivity (Wildman–Crippen MR) is 115 cm³/mol. The van der Waals surface area contributed by atoms with Crippen LogP contribution < -0.4 is 14.8 Å². The highest BCUT2D eigenvalue weighted by atomic mass is 16.5. The molecule has 2 aromatic heterocycles. The van der Waals surface area contributed by atoms with Gasteiger partial charge in [0.25, 0.3) is 0 Å². The van der Waals surface area contributed by atoms with Crippen molar-refractivity contribution in [1.82, 2.24) is 9.78 Å². The Morgan fingerprint density at radius 1 is 1.13 bits per heavy atom. The molecule has 1 N–H and O–H groups in total. The van der Waals surface area contributed by atoms with Crippen LogP contribution in [0.15, 0.2) is 71.3 Å². The summed E-state index contributed by atoms with van der Waals surface area (Å²) in [5, 5.41) is 8.14. The van der Waals surface area contributed by atoms with Crippen LogP contribution in [0.1, 0.15) is 11.3 Å². The molecule has 4 rings (SSSR count). The zero-order valence-corrected chi connectivity index (χ0v) is 16.7. The molecule has 0 unspecified atom stereocenters. The molecule has 30 heavy (non-hydrogen) atoms. The molecule has 0 aliphatic carbocycles. The van der Waals surface area contributed by atoms with Gasteiger partial charge in [-0.15, -0.1) is 0 Å². The van der Waals surface area contributed by atoms with E-state index in [1.54, 1.807) is 37.2 Å². The number of hydrogen-bond acceptors (Lipinski definition) is 5. The fraction of sp³-hybridized carbons (Fsp3) is 0.130. The number of aromatic nitrogens is 2. The van der Waals surface area contributed by atoms with E-state index < -0.39 is 0 Å². The maximum Gasteiger partial charge on any atom is 0.249 e. The van der Waals surface area contributed by atoms with Gasteiger partial charge >= 0.3 is 0 Å². The molecule has 7 heteroatoms. The van der Waals surface area contributed by atoms with E-state index in [1.165, 1.54) is 6.08 Å². The summed E-state index contributed by atoms with van der Waals surface area (Å²) in [5.74, 6) is 2.17. The molecule has 0 saturated heterocycles. The monoisotopic (exact) mass is 403 g/mol. The number of rotatable bonds is 7. The highest BCUT2D eigenvalue weighted by Gasteiger charge is 2.13. The molecular formula is C23H21N3O4. The lowest BCUT2D eigenvalue weighted by atomic mass is 10.2. The maximum atomic E-state index is 12.4. The van der Waals surface area contributed by atoms with Gasteiger partial charge in [-0.1, -0.05) is 30.3 Å². The third kappa shape index (κ3) is 4.05. The number of ether oxygens (including phenoxy) is 2. The molecule has 0 aliphatic heterocycles. The van der Waals surface area contributed by atoms with Crippen LogP contribution in [0.2, 0.25) is 0 Å². The topological polar surface area (TPSA) is 78.5 Å². The first-order valence-corrected chi connectivity index (χ1v) is 9.37. The standard InChI is InChI=1S/C23H21N3O4/c1-28-20-9-5-7-17(23(20)29-2)15-26-21(12-13-24-26)25-22(27)11-10-18-14-16-6-3-4-8-19(16)30-18/h3-14H,15H2,1-2H3,(H,25,27)/b11-10+. The average Bonchev–Trinajstić information content (AvgIpc) is 3.38. The highest BCUT2D eigenvalue weighted by Crippen LogP contribution is 2.31. The number of para-hydroxylation sites is 2. The fourth-order valence-electron chi connectivity index (χ4n) is 3.21. The molecule has 0 atom stereocenters. The fourth-order valence-corrected chi connectivity index (χ4v) is 3.21. The molecule has 0 aliphatic rings. The lowest BCUT2D eigenvalue weighted by molar-refractivity contribution is -0.111. The first kappa shape index (κ1) is 19.3. The Balaban J connectivity index is 1.48. The van der Waals surface area contributed by atoms with Gasteiger partial charge in [-0.25, -0.2) is 4.68 Å². The molecule has 0 fully saturated rings. The molecule has 7 nitrogen and oxygen atoms in total. The van der Waals surface area contributed by atoms with E-state index in [0.717, 1.165) is 16.5 Å². The number of hydrogen-bond donors (Lipinski definition) is 1. The van der Waals surface area contributed by atoms with Crippen molar-refractivity contribution in [1.29, 1.82) is 0 Å². The largest absolute Gasteiger partial charge is 0.493 e. The molecule has 0 saturated carbocycles. The number of nitrogens with one attached hydrogen (secondary N) is 1. The number of carbonyl (C=O) groups excluding carboxylic acids is 1. The minimum atomic E-state index is -0.283. The number of fused-ring (bicyclic) bond motifs is 1. The summed E-state index contributed by atoms with van der Waals surface area (Å²) >= 11 is 0. The van der Waals surface area contributed by atoms with Crippen molar-refractivity contribution in [3.05, 3.63) is 78.2 Å². The lowest BCUT2D eigenvalue weighted by Crippen LogP contribution is -2.14. The maximum absolute atomic E-state index is 12.4. The third-order valence-corrected chi connectivity index (χ3v) is 4.62. The minimum Gasteiger partial charge on any atom is -0.493 e. The zero-order chi connectivity index (χ0) is 20.9. The van der Waals surface area contributed by atoms with Gasteiger partial charge in [0.05, 0.1) is 27.0 Å². The van der Waals surface area contributed by atoms with Gasteiger partial charge in [0, 0.05) is 23.1 Å². The van der Waals surface area contributed by atoms with Crippen LogP contribution in [0.25, 0.3) is 17.0 Å². The second-order valence-electron chi connectivity index (χ2n) is 6.54. The number of anilines is 1. The summed E-state index contributed by atoms with van der Waals surface area (Å²) in [6.45, 7) is 0.413. The second-order valence-corrected chi connectivity index (χ2v) is 6.54. The first-order valence-electron chi connectivity index (χ1n) is 9.37. The minimum absolute atomic E-state index is 0.283. The van der Waals surface area contributed by atoms with E-state index in [-0.39, 0.29) is 5.91 Å². The summed E-state index contributed by atoms with van der Waals surface area (Å²) in [7, 11) is 3.19. The number of carbonyl (C=O) groups is 1. The van der Waals surface area contributed by atoms with Gasteiger partial charge in [0.2, 0.25) is 5.91 Å². The van der Waals surface area contributed by atoms with E-state index in [9.17, 15) is 4.79 Å². The Hall–Kier alpha value is -4.00. The van der Waals surface area contributed by atoms with Crippen LogP contribution in [0.3, 0.4) is 0 Å². The van der Waals surface area contributed by atoms with Crippen LogP contribution in [-0.2, 0) is 11.3 Å². The van der Waals surface area contributed by atoms with Crippen molar-refractivity contribution in [3.8, 4) is 11.5 Å². The normalized spacial score (nSPS) is 11.1. The first-order chi connectivity index (χ1) is 14.7. The van der Waals surface area contributed by atoms with Crippen molar-refractivity contribution < 1.29 is 18.7 Å². The Morgan fingerprint density at radius 3 is 2.80 bits per heavy atom. The van der Waals surface area contributed by atoms with Gasteiger partial charge in [-0.2, -0.15) is 5.10 Å². The molecule has 152 valence electrons. The second kappa shape index (κ2) is 8.57. The summed E-state index contributed by atoms with van der Waals surface area (Å²) in [5.41, 5.74) is 1.66. The number of benzene rings is 2. The van der Waals surface area contributed by atoms with Crippen molar-refractivity contribution in [2.24, 2.45) is 0 Å². The van der Waals surface area contributed by atoms with Gasteiger partial charge in [-0.3, -0.25) is 4.79 Å². The molecule has 2 aromatic carbocycles. The molecule has 0 spiro atoms. The number of amides is 1. The Labute approximate surface area is 173 Å². The molecule has 0 bridgehead atoms. The van der Waals surface area contributed by atoms with Crippen LogP contribution in [0.5, 0.6) is 11.5 Å². The smallest absolute Gasteiger partial charge is 0.249 e. The molecular weight excluding hydrogens is 382 g/mol. The van der Waals surface area contributed by atoms with Crippen LogP contribution >= 0.6 is 0 Å². The van der Waals surface area contributed by atoms with Crippen molar-refractivity contribution in [3.63, 3.8) is 0 Å². The molecule has 2 heterocycles. The van der Waals surface area contributed by atoms with E-state index in [0.29, 0.717) is 29.6 Å². The number of methoxy groups -OCH3 is 2. The van der Waals surface area contributed by atoms with Gasteiger partial charge < -0.3 is 19.2 Å². The summed E-state index contributed by atoms with van der Waals surface area (Å²) in [6, 6.07) is 17.0. The molecule has 0 radical (unpaired) electrons. The van der Waals surface area contributed by atoms with Gasteiger partial charge in [0.1, 0.15) is 17.2 Å². The van der Waals surface area contributed by atoms with Crippen LogP contribution in [0, 0.1) is 0 Å². The Bertz CT molecular complexity index is 1170. The predicted octanol–water partition coefficient (Wildman–Crippen LogP) is 4.35. The van der Waals surface area contributed by atoms with Crippen LogP contribution in [0.4, 0.5) is 5.82 Å². The summed E-state index contributed by atoms with van der Waals surface area (Å²) < 4.78 is 18.2. The Morgan fingerprint density at radius 2 is 2.00 bits per heavy atom. The molecule has 4 aromatic rings. The Kier molecular flexibility index (Phi) is 5.52. The van der Waals surface area contributed by atoms with Crippen LogP contribution in [-0.4, -0.2) is 29.9 Å². The van der Waals surface area contributed by atoms with E-state index in [4.69, 9.17) is 13.9 Å². The van der Waals surface area contributed by atoms with Crippen molar-refractivity contribution in [2.75, 3.05) is 19.5 Å². The lowest BCUT2D eigenvalue weighted by Gasteiger charge is -2.14. The summed E-state index contributed by atoms with van der Waals surface area (Å²) in [6.07, 6.45) is 4.70. The number of furan rings is 1. The van der Waals surface area contributed by atoms with E-state index in [1.807, 2.05) is 48.5 Å². The quantitative estimate of drug-likeness (QED) is 0.464. The SMILES string of the molecule is COc1cccc(Cn2nccc2NC(=O)/C=C/c2cc3ccccc3o2)c1OC. The van der Waals surface area contributed by atoms with Crippen molar-refractivity contribution in [2.45, 2.75) is 6.54 Å². The summed E-state index contributed by atoms with van der Waals surface area (Å²) in [4.78, 5) is 12.4. The van der Waals surface area contributed by atoms with Gasteiger partial charge in [0.15, 0.2) is 11.5 Å².